The quantitative estimate of drug-likeness (QED) is 0.683. The molecule has 1 unspecified atom stereocenters. The summed E-state index contributed by atoms with van der Waals surface area (Å²) in [6, 6.07) is 21.2. The molecular formula is C17H18N2S. The van der Waals surface area contributed by atoms with E-state index in [1.54, 1.807) is 0 Å². The van der Waals surface area contributed by atoms with Crippen LogP contribution in [0.2, 0.25) is 0 Å². The third-order valence-corrected chi connectivity index (χ3v) is 4.64. The van der Waals surface area contributed by atoms with Crippen LogP contribution in [0.3, 0.4) is 0 Å². The first-order valence-corrected chi connectivity index (χ1v) is 7.74. The number of benzene rings is 2. The molecule has 0 radical (unpaired) electrons. The van der Waals surface area contributed by atoms with Crippen molar-refractivity contribution < 1.29 is 0 Å². The summed E-state index contributed by atoms with van der Waals surface area (Å²) in [5, 5.41) is 2.86. The van der Waals surface area contributed by atoms with Crippen molar-refractivity contribution in [1.82, 2.24) is 4.98 Å². The minimum atomic E-state index is 0.397. The summed E-state index contributed by atoms with van der Waals surface area (Å²) in [5.74, 6) is 0. The van der Waals surface area contributed by atoms with Crippen LogP contribution in [0.4, 0.5) is 0 Å². The monoisotopic (exact) mass is 282 g/mol. The van der Waals surface area contributed by atoms with Gasteiger partial charge in [0.05, 0.1) is 5.03 Å². The van der Waals surface area contributed by atoms with Gasteiger partial charge >= 0.3 is 0 Å². The molecule has 0 fully saturated rings. The van der Waals surface area contributed by atoms with Crippen LogP contribution < -0.4 is 5.73 Å². The number of H-pyrrole nitrogens is 1. The van der Waals surface area contributed by atoms with Crippen LogP contribution in [0, 0.1) is 0 Å². The van der Waals surface area contributed by atoms with Crippen molar-refractivity contribution in [3.63, 3.8) is 0 Å². The highest BCUT2D eigenvalue weighted by Crippen LogP contribution is 2.38. The average molecular weight is 282 g/mol. The molecule has 1 aromatic heterocycles. The van der Waals surface area contributed by atoms with Crippen LogP contribution in [0.25, 0.3) is 10.9 Å². The number of rotatable bonds is 5. The summed E-state index contributed by atoms with van der Waals surface area (Å²) in [7, 11) is 0. The van der Waals surface area contributed by atoms with Crippen LogP contribution in [-0.2, 0) is 0 Å². The Morgan fingerprint density at radius 1 is 1.00 bits per heavy atom. The first kappa shape index (κ1) is 13.3. The van der Waals surface area contributed by atoms with Gasteiger partial charge in [0.2, 0.25) is 0 Å². The lowest BCUT2D eigenvalue weighted by atomic mass is 10.1. The van der Waals surface area contributed by atoms with E-state index in [2.05, 4.69) is 65.6 Å². The summed E-state index contributed by atoms with van der Waals surface area (Å²) >= 11 is 1.86. The van der Waals surface area contributed by atoms with Gasteiger partial charge < -0.3 is 10.7 Å². The molecular weight excluding hydrogens is 264 g/mol. The highest BCUT2D eigenvalue weighted by atomic mass is 32.2. The second kappa shape index (κ2) is 6.16. The number of aromatic amines is 1. The van der Waals surface area contributed by atoms with Gasteiger partial charge in [-0.3, -0.25) is 0 Å². The Labute approximate surface area is 123 Å². The van der Waals surface area contributed by atoms with Crippen molar-refractivity contribution in [3.8, 4) is 0 Å². The van der Waals surface area contributed by atoms with Gasteiger partial charge in [-0.05, 0) is 30.7 Å². The molecule has 102 valence electrons. The minimum absolute atomic E-state index is 0.397. The number of fused-ring (bicyclic) bond motifs is 1. The second-order valence-corrected chi connectivity index (χ2v) is 6.06. The molecule has 3 aromatic rings. The Morgan fingerprint density at radius 3 is 2.50 bits per heavy atom. The van der Waals surface area contributed by atoms with Crippen molar-refractivity contribution in [1.29, 1.82) is 0 Å². The van der Waals surface area contributed by atoms with Gasteiger partial charge in [-0.15, -0.1) is 11.8 Å². The molecule has 3 rings (SSSR count). The Bertz CT molecular complexity index is 643. The molecule has 2 nitrogen and oxygen atoms in total. The summed E-state index contributed by atoms with van der Waals surface area (Å²) in [6.45, 7) is 0.701. The molecule has 0 saturated heterocycles. The lowest BCUT2D eigenvalue weighted by Crippen LogP contribution is -2.04. The van der Waals surface area contributed by atoms with Crippen molar-refractivity contribution in [3.05, 3.63) is 66.2 Å². The SMILES string of the molecule is NCCC(Sc1cc2ccccc2[nH]1)c1ccccc1. The van der Waals surface area contributed by atoms with E-state index in [-0.39, 0.29) is 0 Å². The maximum absolute atomic E-state index is 5.77. The van der Waals surface area contributed by atoms with Crippen LogP contribution in [0.5, 0.6) is 0 Å². The smallest absolute Gasteiger partial charge is 0.0738 e. The second-order valence-electron chi connectivity index (χ2n) is 4.82. The first-order chi connectivity index (χ1) is 9.86. The number of aromatic nitrogens is 1. The molecule has 1 atom stereocenters. The fraction of sp³-hybridized carbons (Fsp3) is 0.176. The number of para-hydroxylation sites is 1. The van der Waals surface area contributed by atoms with Gasteiger partial charge in [0.25, 0.3) is 0 Å². The molecule has 0 aliphatic heterocycles. The standard InChI is InChI=1S/C17H18N2S/c18-11-10-16(13-6-2-1-3-7-13)20-17-12-14-8-4-5-9-15(14)19-17/h1-9,12,16,19H,10-11,18H2. The van der Waals surface area contributed by atoms with Crippen LogP contribution in [-0.4, -0.2) is 11.5 Å². The fourth-order valence-corrected chi connectivity index (χ4v) is 3.59. The molecule has 0 aliphatic rings. The van der Waals surface area contributed by atoms with E-state index in [9.17, 15) is 0 Å². The van der Waals surface area contributed by atoms with Crippen molar-refractivity contribution in [2.24, 2.45) is 5.73 Å². The summed E-state index contributed by atoms with van der Waals surface area (Å²) in [6.07, 6.45) is 0.976. The van der Waals surface area contributed by atoms with Gasteiger partial charge in [0.15, 0.2) is 0 Å². The number of nitrogens with two attached hydrogens (primary N) is 1. The van der Waals surface area contributed by atoms with Gasteiger partial charge in [-0.1, -0.05) is 48.5 Å². The van der Waals surface area contributed by atoms with Gasteiger partial charge in [-0.2, -0.15) is 0 Å². The normalized spacial score (nSPS) is 12.7. The van der Waals surface area contributed by atoms with Gasteiger partial charge in [0.1, 0.15) is 0 Å². The third-order valence-electron chi connectivity index (χ3n) is 3.37. The molecule has 0 amide bonds. The Morgan fingerprint density at radius 2 is 1.75 bits per heavy atom. The molecule has 20 heavy (non-hydrogen) atoms. The zero-order valence-corrected chi connectivity index (χ0v) is 12.1. The molecule has 1 heterocycles. The molecule has 0 bridgehead atoms. The molecule has 0 spiro atoms. The molecule has 2 aromatic carbocycles. The van der Waals surface area contributed by atoms with E-state index in [1.165, 1.54) is 21.5 Å². The van der Waals surface area contributed by atoms with E-state index in [1.807, 2.05) is 11.8 Å². The minimum Gasteiger partial charge on any atom is -0.350 e. The maximum atomic E-state index is 5.77. The molecule has 3 heteroatoms. The largest absolute Gasteiger partial charge is 0.350 e. The van der Waals surface area contributed by atoms with Crippen LogP contribution in [0.1, 0.15) is 17.2 Å². The number of hydrogen-bond donors (Lipinski definition) is 2. The fourth-order valence-electron chi connectivity index (χ4n) is 2.38. The topological polar surface area (TPSA) is 41.8 Å². The zero-order valence-electron chi connectivity index (χ0n) is 11.3. The lowest BCUT2D eigenvalue weighted by molar-refractivity contribution is 0.813. The van der Waals surface area contributed by atoms with E-state index < -0.39 is 0 Å². The van der Waals surface area contributed by atoms with Crippen molar-refractivity contribution in [2.45, 2.75) is 16.7 Å². The highest BCUT2D eigenvalue weighted by molar-refractivity contribution is 7.99. The predicted octanol–water partition coefficient (Wildman–Crippen LogP) is 4.35. The molecule has 0 saturated carbocycles. The van der Waals surface area contributed by atoms with Crippen LogP contribution >= 0.6 is 11.8 Å². The summed E-state index contributed by atoms with van der Waals surface area (Å²) < 4.78 is 0. The summed E-state index contributed by atoms with van der Waals surface area (Å²) in [4.78, 5) is 3.48. The number of hydrogen-bond acceptors (Lipinski definition) is 2. The maximum Gasteiger partial charge on any atom is 0.0738 e. The Balaban J connectivity index is 1.86. The van der Waals surface area contributed by atoms with E-state index >= 15 is 0 Å². The first-order valence-electron chi connectivity index (χ1n) is 6.86. The lowest BCUT2D eigenvalue weighted by Gasteiger charge is -2.15. The third kappa shape index (κ3) is 2.89. The predicted molar refractivity (Wildman–Crippen MR) is 87.0 cm³/mol. The summed E-state index contributed by atoms with van der Waals surface area (Å²) in [5.41, 5.74) is 8.30. The van der Waals surface area contributed by atoms with Gasteiger partial charge in [-0.25, -0.2) is 0 Å². The zero-order chi connectivity index (χ0) is 13.8. The molecule has 3 N–H and O–H groups in total. The average Bonchev–Trinajstić information content (AvgIpc) is 2.90. The van der Waals surface area contributed by atoms with E-state index in [0.717, 1.165) is 6.42 Å². The Hall–Kier alpha value is -1.71. The van der Waals surface area contributed by atoms with E-state index in [0.29, 0.717) is 11.8 Å². The Kier molecular flexibility index (Phi) is 4.09. The highest BCUT2D eigenvalue weighted by Gasteiger charge is 2.13. The van der Waals surface area contributed by atoms with Gasteiger partial charge in [0, 0.05) is 16.2 Å². The number of thioether (sulfide) groups is 1. The van der Waals surface area contributed by atoms with Crippen molar-refractivity contribution >= 4 is 22.7 Å². The number of nitrogens with one attached hydrogen (secondary N) is 1. The van der Waals surface area contributed by atoms with Crippen LogP contribution in [0.15, 0.2) is 65.7 Å². The van der Waals surface area contributed by atoms with Crippen molar-refractivity contribution in [2.75, 3.05) is 6.54 Å². The van der Waals surface area contributed by atoms with E-state index in [4.69, 9.17) is 5.73 Å². The molecule has 0 aliphatic carbocycles.